The van der Waals surface area contributed by atoms with Crippen LogP contribution in [0, 0.1) is 12.7 Å². The molecule has 1 aromatic heterocycles. The molecule has 7 nitrogen and oxygen atoms in total. The third-order valence-corrected chi connectivity index (χ3v) is 6.61. The van der Waals surface area contributed by atoms with Crippen molar-refractivity contribution in [3.63, 3.8) is 0 Å². The van der Waals surface area contributed by atoms with Crippen LogP contribution in [-0.2, 0) is 29.2 Å². The van der Waals surface area contributed by atoms with Gasteiger partial charge in [0, 0.05) is 14.7 Å². The molecule has 9 heteroatoms. The second kappa shape index (κ2) is 11.4. The lowest BCUT2D eigenvalue weighted by molar-refractivity contribution is 0.0600. The van der Waals surface area contributed by atoms with E-state index in [1.165, 1.54) is 25.3 Å². The third-order valence-electron chi connectivity index (χ3n) is 4.91. The average molecular weight is 453 g/mol. The molecule has 1 heterocycles. The summed E-state index contributed by atoms with van der Waals surface area (Å²) in [6.07, 6.45) is 1.22. The third kappa shape index (κ3) is 7.44. The summed E-state index contributed by atoms with van der Waals surface area (Å²) in [6.45, 7) is 9.89. The number of ether oxygens (including phenoxy) is 3. The maximum absolute atomic E-state index is 14.0. The summed E-state index contributed by atoms with van der Waals surface area (Å²) in [6, 6.07) is 4.94. The van der Waals surface area contributed by atoms with E-state index in [-0.39, 0.29) is 24.5 Å². The Bertz CT molecular complexity index is 880. The van der Waals surface area contributed by atoms with Crippen LogP contribution in [0.2, 0.25) is 25.7 Å². The number of carbonyl (C=O) groups excluding carboxylic acids is 1. The lowest BCUT2D eigenvalue weighted by atomic mass is 10.1. The topological polar surface area (TPSA) is 82.8 Å². The van der Waals surface area contributed by atoms with Gasteiger partial charge >= 0.3 is 5.97 Å². The van der Waals surface area contributed by atoms with E-state index in [4.69, 9.17) is 9.47 Å². The molecule has 0 bridgehead atoms. The number of carbonyl (C=O) groups is 1. The molecule has 0 aliphatic carbocycles. The van der Waals surface area contributed by atoms with Crippen molar-refractivity contribution >= 4 is 14.0 Å². The molecule has 0 aliphatic rings. The van der Waals surface area contributed by atoms with Crippen molar-refractivity contribution in [2.75, 3.05) is 20.3 Å². The number of methoxy groups -OCH3 is 1. The summed E-state index contributed by atoms with van der Waals surface area (Å²) in [5.74, 6) is -1.08. The number of halogens is 1. The minimum absolute atomic E-state index is 0.00787. The molecule has 0 amide bonds. The van der Waals surface area contributed by atoms with Crippen molar-refractivity contribution in [3.8, 4) is 5.75 Å². The molecule has 0 saturated carbocycles. The molecule has 2 aromatic rings. The molecule has 0 unspecified atom stereocenters. The van der Waals surface area contributed by atoms with E-state index >= 15 is 0 Å². The summed E-state index contributed by atoms with van der Waals surface area (Å²) in [4.78, 5) is 11.6. The Balaban J connectivity index is 1.92. The van der Waals surface area contributed by atoms with Crippen molar-refractivity contribution in [1.29, 1.82) is 0 Å². The van der Waals surface area contributed by atoms with Crippen LogP contribution >= 0.6 is 0 Å². The zero-order chi connectivity index (χ0) is 23.0. The number of hydrogen-bond donors (Lipinski definition) is 1. The smallest absolute Gasteiger partial charge is 0.337 e. The number of aryl methyl sites for hydroxylation is 1. The first-order chi connectivity index (χ1) is 14.7. The Labute approximate surface area is 184 Å². The first-order valence-corrected chi connectivity index (χ1v) is 14.1. The van der Waals surface area contributed by atoms with Gasteiger partial charge < -0.3 is 19.3 Å². The van der Waals surface area contributed by atoms with Crippen molar-refractivity contribution in [2.24, 2.45) is 0 Å². The van der Waals surface area contributed by atoms with Crippen LogP contribution in [0.3, 0.4) is 0 Å². The van der Waals surface area contributed by atoms with Crippen LogP contribution in [0.4, 0.5) is 4.39 Å². The van der Waals surface area contributed by atoms with Crippen LogP contribution < -0.4 is 4.74 Å². The Morgan fingerprint density at radius 3 is 2.65 bits per heavy atom. The normalized spacial score (nSPS) is 11.6. The lowest BCUT2D eigenvalue weighted by Gasteiger charge is -2.15. The van der Waals surface area contributed by atoms with E-state index in [1.807, 2.05) is 6.92 Å². The summed E-state index contributed by atoms with van der Waals surface area (Å²) in [7, 11) is 0.109. The Morgan fingerprint density at radius 1 is 1.26 bits per heavy atom. The Morgan fingerprint density at radius 2 is 2.00 bits per heavy atom. The fourth-order valence-electron chi connectivity index (χ4n) is 3.09. The van der Waals surface area contributed by atoms with Crippen LogP contribution in [0.5, 0.6) is 5.75 Å². The highest BCUT2D eigenvalue weighted by atomic mass is 28.3. The number of aliphatic hydroxyl groups is 1. The highest BCUT2D eigenvalue weighted by Gasteiger charge is 2.16. The zero-order valence-electron chi connectivity index (χ0n) is 19.0. The summed E-state index contributed by atoms with van der Waals surface area (Å²) >= 11 is 0. The largest absolute Gasteiger partial charge is 0.490 e. The van der Waals surface area contributed by atoms with E-state index < -0.39 is 19.9 Å². The molecule has 0 atom stereocenters. The van der Waals surface area contributed by atoms with Gasteiger partial charge in [-0.1, -0.05) is 19.6 Å². The van der Waals surface area contributed by atoms with E-state index in [0.29, 0.717) is 26.2 Å². The standard InChI is InChI=1S/C22H33FN2O5Si/c1-16-18(20(14-26)25(24-16)15-29-11-12-31(3,4)5)7-6-10-30-21-13-17(22(27)28-2)8-9-19(21)23/h8-9,13,26H,6-7,10-12,14-15H2,1-5H3. The average Bonchev–Trinajstić information content (AvgIpc) is 3.02. The quantitative estimate of drug-likeness (QED) is 0.298. The van der Waals surface area contributed by atoms with Crippen LogP contribution in [0.25, 0.3) is 0 Å². The number of aliphatic hydroxyl groups excluding tert-OH is 1. The van der Waals surface area contributed by atoms with Gasteiger partial charge in [0.1, 0.15) is 6.73 Å². The van der Waals surface area contributed by atoms with Gasteiger partial charge in [0.05, 0.1) is 37.3 Å². The fraction of sp³-hybridized carbons (Fsp3) is 0.545. The molecular formula is C22H33FN2O5Si. The molecule has 1 N–H and O–H groups in total. The maximum Gasteiger partial charge on any atom is 0.337 e. The van der Waals surface area contributed by atoms with E-state index in [2.05, 4.69) is 29.5 Å². The summed E-state index contributed by atoms with van der Waals surface area (Å²) < 4.78 is 31.6. The Hall–Kier alpha value is -2.23. The van der Waals surface area contributed by atoms with Crippen LogP contribution in [0.15, 0.2) is 18.2 Å². The highest BCUT2D eigenvalue weighted by Crippen LogP contribution is 2.21. The van der Waals surface area contributed by atoms with Gasteiger partial charge in [-0.2, -0.15) is 5.10 Å². The second-order valence-corrected chi connectivity index (χ2v) is 14.2. The summed E-state index contributed by atoms with van der Waals surface area (Å²) in [5, 5.41) is 14.3. The van der Waals surface area contributed by atoms with E-state index in [9.17, 15) is 14.3 Å². The molecule has 0 saturated heterocycles. The van der Waals surface area contributed by atoms with Crippen molar-refractivity contribution in [3.05, 3.63) is 46.5 Å². The predicted molar refractivity (Wildman–Crippen MR) is 119 cm³/mol. The predicted octanol–water partition coefficient (Wildman–Crippen LogP) is 3.93. The van der Waals surface area contributed by atoms with Crippen molar-refractivity contribution < 1.29 is 28.5 Å². The molecule has 31 heavy (non-hydrogen) atoms. The number of hydrogen-bond acceptors (Lipinski definition) is 6. The number of benzene rings is 1. The minimum atomic E-state index is -1.16. The molecule has 172 valence electrons. The van der Waals surface area contributed by atoms with Gasteiger partial charge in [0.15, 0.2) is 11.6 Å². The van der Waals surface area contributed by atoms with E-state index in [0.717, 1.165) is 23.0 Å². The number of nitrogens with zero attached hydrogens (tertiary/aromatic N) is 2. The van der Waals surface area contributed by atoms with Gasteiger partial charge in [-0.3, -0.25) is 0 Å². The lowest BCUT2D eigenvalue weighted by Crippen LogP contribution is -2.22. The minimum Gasteiger partial charge on any atom is -0.490 e. The number of aromatic nitrogens is 2. The molecule has 0 spiro atoms. The molecule has 2 rings (SSSR count). The molecule has 0 radical (unpaired) electrons. The van der Waals surface area contributed by atoms with Gasteiger partial charge in [0.2, 0.25) is 0 Å². The van der Waals surface area contributed by atoms with Crippen LogP contribution in [-0.4, -0.2) is 49.3 Å². The maximum atomic E-state index is 14.0. The van der Waals surface area contributed by atoms with Crippen LogP contribution in [0.1, 0.15) is 33.7 Å². The zero-order valence-corrected chi connectivity index (χ0v) is 20.0. The molecule has 0 fully saturated rings. The van der Waals surface area contributed by atoms with E-state index in [1.54, 1.807) is 4.68 Å². The molecule has 0 aliphatic heterocycles. The fourth-order valence-corrected chi connectivity index (χ4v) is 3.85. The number of esters is 1. The molecular weight excluding hydrogens is 419 g/mol. The highest BCUT2D eigenvalue weighted by molar-refractivity contribution is 6.76. The second-order valence-electron chi connectivity index (χ2n) is 8.61. The first-order valence-electron chi connectivity index (χ1n) is 10.4. The van der Waals surface area contributed by atoms with Gasteiger partial charge in [-0.05, 0) is 49.6 Å². The molecule has 1 aromatic carbocycles. The summed E-state index contributed by atoms with van der Waals surface area (Å²) in [5.41, 5.74) is 2.73. The van der Waals surface area contributed by atoms with Crippen molar-refractivity contribution in [1.82, 2.24) is 9.78 Å². The van der Waals surface area contributed by atoms with Gasteiger partial charge in [-0.25, -0.2) is 13.9 Å². The number of rotatable bonds is 12. The first kappa shape index (κ1) is 25.0. The SMILES string of the molecule is COC(=O)c1ccc(F)c(OCCCc2c(C)nn(COCC[Si](C)(C)C)c2CO)c1. The van der Waals surface area contributed by atoms with Gasteiger partial charge in [0.25, 0.3) is 0 Å². The van der Waals surface area contributed by atoms with Gasteiger partial charge in [-0.15, -0.1) is 0 Å². The van der Waals surface area contributed by atoms with Crippen molar-refractivity contribution in [2.45, 2.75) is 58.8 Å². The monoisotopic (exact) mass is 452 g/mol. The Kier molecular flexibility index (Phi) is 9.21.